The Morgan fingerprint density at radius 3 is 2.75 bits per heavy atom. The number of carbonyl (C=O) groups is 1. The van der Waals surface area contributed by atoms with Gasteiger partial charge in [-0.25, -0.2) is 0 Å². The summed E-state index contributed by atoms with van der Waals surface area (Å²) in [5, 5.41) is 22.8. The second-order valence-electron chi connectivity index (χ2n) is 4.79. The zero-order valence-corrected chi connectivity index (χ0v) is 11.4. The van der Waals surface area contributed by atoms with Gasteiger partial charge < -0.3 is 15.0 Å². The van der Waals surface area contributed by atoms with Crippen molar-refractivity contribution < 1.29 is 15.0 Å². The zero-order chi connectivity index (χ0) is 14.5. The summed E-state index contributed by atoms with van der Waals surface area (Å²) in [6.07, 6.45) is 4.47. The van der Waals surface area contributed by atoms with Gasteiger partial charge in [-0.1, -0.05) is 55.5 Å². The van der Waals surface area contributed by atoms with E-state index in [4.69, 9.17) is 0 Å². The highest BCUT2D eigenvalue weighted by atomic mass is 16.4. The first kappa shape index (κ1) is 14.1. The van der Waals surface area contributed by atoms with Crippen LogP contribution in [0.5, 0.6) is 5.75 Å². The number of phenolic OH excluding ortho intramolecular Hbond substituents is 1. The van der Waals surface area contributed by atoms with Crippen LogP contribution in [0.3, 0.4) is 0 Å². The maximum absolute atomic E-state index is 10.8. The number of aromatic hydroxyl groups is 1. The summed E-state index contributed by atoms with van der Waals surface area (Å²) in [7, 11) is 0. The van der Waals surface area contributed by atoms with Crippen molar-refractivity contribution in [1.82, 2.24) is 0 Å². The van der Waals surface area contributed by atoms with E-state index in [0.717, 1.165) is 10.8 Å². The molecule has 0 saturated heterocycles. The number of fused-ring (bicyclic) bond motifs is 1. The van der Waals surface area contributed by atoms with Gasteiger partial charge in [0.2, 0.25) is 0 Å². The molecule has 1 N–H and O–H groups in total. The molecule has 0 bridgehead atoms. The maximum atomic E-state index is 10.8. The van der Waals surface area contributed by atoms with E-state index in [-0.39, 0.29) is 5.75 Å². The summed E-state index contributed by atoms with van der Waals surface area (Å²) in [5.74, 6) is -1.28. The molecule has 0 spiro atoms. The molecule has 0 heterocycles. The van der Waals surface area contributed by atoms with E-state index in [1.165, 1.54) is 0 Å². The highest BCUT2D eigenvalue weighted by Gasteiger charge is 2.06. The van der Waals surface area contributed by atoms with Gasteiger partial charge in [0.1, 0.15) is 5.75 Å². The van der Waals surface area contributed by atoms with Gasteiger partial charge >= 0.3 is 0 Å². The fourth-order valence-corrected chi connectivity index (χ4v) is 2.20. The van der Waals surface area contributed by atoms with Gasteiger partial charge in [-0.2, -0.15) is 0 Å². The molecular weight excluding hydrogens is 252 g/mol. The van der Waals surface area contributed by atoms with Gasteiger partial charge in [0.15, 0.2) is 0 Å². The van der Waals surface area contributed by atoms with E-state index in [0.29, 0.717) is 18.4 Å². The van der Waals surface area contributed by atoms with Gasteiger partial charge in [-0.15, -0.1) is 0 Å². The lowest BCUT2D eigenvalue weighted by Gasteiger charge is -2.13. The number of rotatable bonds is 5. The molecule has 2 aromatic rings. The summed E-state index contributed by atoms with van der Waals surface area (Å²) in [6, 6.07) is 11.4. The van der Waals surface area contributed by atoms with Crippen LogP contribution in [-0.4, -0.2) is 11.1 Å². The first-order valence-corrected chi connectivity index (χ1v) is 6.71. The Balaban J connectivity index is 2.21. The highest BCUT2D eigenvalue weighted by molar-refractivity contribution is 5.91. The van der Waals surface area contributed by atoms with Crippen LogP contribution in [0.2, 0.25) is 0 Å². The van der Waals surface area contributed by atoms with Crippen molar-refractivity contribution in [3.8, 4) is 5.75 Å². The van der Waals surface area contributed by atoms with E-state index in [2.05, 4.69) is 0 Å². The van der Waals surface area contributed by atoms with E-state index in [1.807, 2.05) is 43.3 Å². The molecule has 0 aliphatic carbocycles. The molecule has 1 atom stereocenters. The molecule has 0 saturated carbocycles. The van der Waals surface area contributed by atoms with Crippen molar-refractivity contribution in [3.63, 3.8) is 0 Å². The molecular formula is C17H17O3-. The average molecular weight is 269 g/mol. The minimum atomic E-state index is -1.03. The van der Waals surface area contributed by atoms with Crippen LogP contribution >= 0.6 is 0 Å². The quantitative estimate of drug-likeness (QED) is 0.907. The third-order valence-corrected chi connectivity index (χ3v) is 3.48. The number of phenols is 1. The Bertz CT molecular complexity index is 644. The molecule has 0 aliphatic rings. The molecule has 2 aromatic carbocycles. The first-order valence-electron chi connectivity index (χ1n) is 6.71. The Morgan fingerprint density at radius 1 is 1.30 bits per heavy atom. The summed E-state index contributed by atoms with van der Waals surface area (Å²) in [5.41, 5.74) is 0.692. The van der Waals surface area contributed by atoms with E-state index in [1.54, 1.807) is 12.2 Å². The zero-order valence-electron chi connectivity index (χ0n) is 11.4. The molecule has 2 rings (SSSR count). The van der Waals surface area contributed by atoms with Gasteiger partial charge in [0.05, 0.1) is 0 Å². The Labute approximate surface area is 118 Å². The van der Waals surface area contributed by atoms with Crippen molar-refractivity contribution in [2.24, 2.45) is 5.92 Å². The fraction of sp³-hybridized carbons (Fsp3) is 0.235. The maximum Gasteiger partial charge on any atom is 0.130 e. The number of hydrogen-bond donors (Lipinski definition) is 1. The number of carbonyl (C=O) groups excluding carboxylic acids is 1. The second-order valence-corrected chi connectivity index (χ2v) is 4.79. The average Bonchev–Trinajstić information content (AvgIpc) is 2.45. The Hall–Kier alpha value is -2.29. The summed E-state index contributed by atoms with van der Waals surface area (Å²) < 4.78 is 0. The summed E-state index contributed by atoms with van der Waals surface area (Å²) >= 11 is 0. The van der Waals surface area contributed by atoms with Crippen LogP contribution in [0, 0.1) is 5.92 Å². The van der Waals surface area contributed by atoms with E-state index >= 15 is 0 Å². The van der Waals surface area contributed by atoms with Gasteiger partial charge in [0, 0.05) is 22.8 Å². The number of carboxylic acid groups (broad SMARTS) is 1. The number of aliphatic carboxylic acids is 1. The van der Waals surface area contributed by atoms with Crippen LogP contribution < -0.4 is 5.11 Å². The molecule has 0 fully saturated rings. The van der Waals surface area contributed by atoms with Crippen molar-refractivity contribution in [3.05, 3.63) is 48.0 Å². The van der Waals surface area contributed by atoms with Gasteiger partial charge in [-0.3, -0.25) is 0 Å². The topological polar surface area (TPSA) is 60.4 Å². The molecule has 0 aliphatic heterocycles. The minimum absolute atomic E-state index is 0.223. The number of hydrogen-bond acceptors (Lipinski definition) is 3. The molecule has 104 valence electrons. The van der Waals surface area contributed by atoms with Gasteiger partial charge in [0.25, 0.3) is 0 Å². The largest absolute Gasteiger partial charge is 0.550 e. The van der Waals surface area contributed by atoms with Crippen molar-refractivity contribution in [2.75, 3.05) is 0 Å². The number of benzene rings is 2. The third kappa shape index (κ3) is 2.99. The molecule has 1 unspecified atom stereocenters. The number of carboxylic acids is 1. The molecule has 0 amide bonds. The standard InChI is InChI=1S/C17H18O3/c1-2-12(17(19)20)7-5-8-14-11-10-13-6-3-4-9-15(13)16(14)18/h3-6,8-12,18H,2,7H2,1H3,(H,19,20)/p-1/b8-5+. The lowest BCUT2D eigenvalue weighted by molar-refractivity contribution is -0.311. The summed E-state index contributed by atoms with van der Waals surface area (Å²) in [6.45, 7) is 1.82. The Kier molecular flexibility index (Phi) is 4.41. The molecule has 0 aromatic heterocycles. The lowest BCUT2D eigenvalue weighted by Crippen LogP contribution is -2.30. The monoisotopic (exact) mass is 269 g/mol. The van der Waals surface area contributed by atoms with Crippen LogP contribution in [-0.2, 0) is 4.79 Å². The second kappa shape index (κ2) is 6.24. The lowest BCUT2D eigenvalue weighted by atomic mass is 10.0. The van der Waals surface area contributed by atoms with Crippen LogP contribution in [0.25, 0.3) is 16.8 Å². The van der Waals surface area contributed by atoms with E-state index in [9.17, 15) is 15.0 Å². The number of allylic oxidation sites excluding steroid dienone is 1. The normalized spacial score (nSPS) is 12.8. The fourth-order valence-electron chi connectivity index (χ4n) is 2.20. The van der Waals surface area contributed by atoms with E-state index < -0.39 is 11.9 Å². The van der Waals surface area contributed by atoms with Crippen molar-refractivity contribution >= 4 is 22.8 Å². The minimum Gasteiger partial charge on any atom is -0.550 e. The predicted octanol–water partition coefficient (Wildman–Crippen LogP) is 2.72. The summed E-state index contributed by atoms with van der Waals surface area (Å²) in [4.78, 5) is 10.8. The predicted molar refractivity (Wildman–Crippen MR) is 78.1 cm³/mol. The molecule has 3 nitrogen and oxygen atoms in total. The van der Waals surface area contributed by atoms with Crippen LogP contribution in [0.15, 0.2) is 42.5 Å². The van der Waals surface area contributed by atoms with Crippen LogP contribution in [0.4, 0.5) is 0 Å². The van der Waals surface area contributed by atoms with Crippen molar-refractivity contribution in [2.45, 2.75) is 19.8 Å². The molecule has 0 radical (unpaired) electrons. The third-order valence-electron chi connectivity index (χ3n) is 3.48. The highest BCUT2D eigenvalue weighted by Crippen LogP contribution is 2.29. The van der Waals surface area contributed by atoms with Crippen molar-refractivity contribution in [1.29, 1.82) is 0 Å². The first-order chi connectivity index (χ1) is 9.63. The smallest absolute Gasteiger partial charge is 0.130 e. The molecule has 3 heteroatoms. The molecule has 20 heavy (non-hydrogen) atoms. The SMILES string of the molecule is CCC(C/C=C/c1ccc2ccccc2c1O)C(=O)[O-]. The van der Waals surface area contributed by atoms with Crippen LogP contribution in [0.1, 0.15) is 25.3 Å². The Morgan fingerprint density at radius 2 is 2.05 bits per heavy atom. The van der Waals surface area contributed by atoms with Gasteiger partial charge in [-0.05, 0) is 18.2 Å².